The predicted molar refractivity (Wildman–Crippen MR) is 83.2 cm³/mol. The van der Waals surface area contributed by atoms with Crippen LogP contribution < -0.4 is 9.47 Å². The molecule has 0 radical (unpaired) electrons. The SMILES string of the molecule is COc1cccc(C2(N=C=O)CC2)c1OC1CCN(C)CC1. The van der Waals surface area contributed by atoms with Gasteiger partial charge in [-0.25, -0.2) is 4.79 Å². The summed E-state index contributed by atoms with van der Waals surface area (Å²) in [7, 11) is 3.77. The molecule has 0 N–H and O–H groups in total. The summed E-state index contributed by atoms with van der Waals surface area (Å²) in [5.41, 5.74) is 0.506. The second-order valence-corrected chi connectivity index (χ2v) is 6.19. The molecule has 1 saturated heterocycles. The maximum Gasteiger partial charge on any atom is 0.235 e. The lowest BCUT2D eigenvalue weighted by atomic mass is 10.0. The van der Waals surface area contributed by atoms with E-state index in [0.29, 0.717) is 5.75 Å². The lowest BCUT2D eigenvalue weighted by Gasteiger charge is -2.30. The van der Waals surface area contributed by atoms with E-state index in [1.54, 1.807) is 13.2 Å². The maximum atomic E-state index is 10.8. The van der Waals surface area contributed by atoms with Gasteiger partial charge in [0, 0.05) is 18.7 Å². The van der Waals surface area contributed by atoms with Crippen molar-refractivity contribution in [1.82, 2.24) is 4.90 Å². The summed E-state index contributed by atoms with van der Waals surface area (Å²) in [5, 5.41) is 0. The number of likely N-dealkylation sites (tertiary alicyclic amines) is 1. The fraction of sp³-hybridized carbons (Fsp3) is 0.588. The van der Waals surface area contributed by atoms with Gasteiger partial charge in [-0.2, -0.15) is 4.99 Å². The van der Waals surface area contributed by atoms with Crippen LogP contribution in [0.4, 0.5) is 0 Å². The van der Waals surface area contributed by atoms with Crippen molar-refractivity contribution in [3.63, 3.8) is 0 Å². The van der Waals surface area contributed by atoms with E-state index >= 15 is 0 Å². The second kappa shape index (κ2) is 6.11. The molecule has 0 spiro atoms. The highest BCUT2D eigenvalue weighted by Gasteiger charge is 2.47. The molecule has 5 heteroatoms. The van der Waals surface area contributed by atoms with Crippen LogP contribution in [-0.4, -0.2) is 44.3 Å². The summed E-state index contributed by atoms with van der Waals surface area (Å²) >= 11 is 0. The van der Waals surface area contributed by atoms with E-state index in [9.17, 15) is 4.79 Å². The fourth-order valence-corrected chi connectivity index (χ4v) is 3.08. The molecule has 1 heterocycles. The molecule has 5 nitrogen and oxygen atoms in total. The van der Waals surface area contributed by atoms with Gasteiger partial charge in [0.1, 0.15) is 11.6 Å². The first-order valence-electron chi connectivity index (χ1n) is 7.80. The third-order valence-electron chi connectivity index (χ3n) is 4.63. The molecule has 0 atom stereocenters. The van der Waals surface area contributed by atoms with Crippen molar-refractivity contribution in [3.8, 4) is 11.5 Å². The van der Waals surface area contributed by atoms with Crippen molar-refractivity contribution in [2.24, 2.45) is 4.99 Å². The maximum absolute atomic E-state index is 10.8. The van der Waals surface area contributed by atoms with E-state index in [0.717, 1.165) is 50.1 Å². The monoisotopic (exact) mass is 302 g/mol. The number of methoxy groups -OCH3 is 1. The molecule has 2 aliphatic rings. The van der Waals surface area contributed by atoms with Crippen molar-refractivity contribution in [1.29, 1.82) is 0 Å². The Morgan fingerprint density at radius 3 is 2.64 bits per heavy atom. The van der Waals surface area contributed by atoms with Crippen LogP contribution in [0.25, 0.3) is 0 Å². The van der Waals surface area contributed by atoms with Gasteiger partial charge in [0.05, 0.1) is 7.11 Å². The molecule has 1 aromatic rings. The number of para-hydroxylation sites is 1. The van der Waals surface area contributed by atoms with Gasteiger partial charge in [-0.15, -0.1) is 0 Å². The molecule has 0 bridgehead atoms. The summed E-state index contributed by atoms with van der Waals surface area (Å²) < 4.78 is 11.8. The zero-order valence-electron chi connectivity index (χ0n) is 13.2. The minimum absolute atomic E-state index is 0.183. The van der Waals surface area contributed by atoms with Gasteiger partial charge in [0.2, 0.25) is 6.08 Å². The van der Waals surface area contributed by atoms with E-state index in [2.05, 4.69) is 16.9 Å². The molecule has 1 saturated carbocycles. The van der Waals surface area contributed by atoms with Crippen LogP contribution >= 0.6 is 0 Å². The van der Waals surface area contributed by atoms with Crippen molar-refractivity contribution in [3.05, 3.63) is 23.8 Å². The van der Waals surface area contributed by atoms with Gasteiger partial charge in [-0.3, -0.25) is 0 Å². The van der Waals surface area contributed by atoms with Crippen LogP contribution in [0, 0.1) is 0 Å². The first-order chi connectivity index (χ1) is 10.7. The Balaban J connectivity index is 1.90. The first-order valence-corrected chi connectivity index (χ1v) is 7.80. The highest BCUT2D eigenvalue weighted by molar-refractivity contribution is 5.54. The molecule has 2 fully saturated rings. The predicted octanol–water partition coefficient (Wildman–Crippen LogP) is 2.49. The second-order valence-electron chi connectivity index (χ2n) is 6.19. The zero-order valence-corrected chi connectivity index (χ0v) is 13.2. The van der Waals surface area contributed by atoms with E-state index in [1.807, 2.05) is 18.2 Å². The van der Waals surface area contributed by atoms with Crippen LogP contribution in [0.1, 0.15) is 31.2 Å². The molecular weight excluding hydrogens is 280 g/mol. The summed E-state index contributed by atoms with van der Waals surface area (Å²) in [4.78, 5) is 17.1. The Morgan fingerprint density at radius 1 is 1.32 bits per heavy atom. The third-order valence-corrected chi connectivity index (χ3v) is 4.63. The highest BCUT2D eigenvalue weighted by atomic mass is 16.5. The lowest BCUT2D eigenvalue weighted by molar-refractivity contribution is 0.109. The molecule has 1 aromatic carbocycles. The van der Waals surface area contributed by atoms with Crippen LogP contribution in [0.2, 0.25) is 0 Å². The Labute approximate surface area is 130 Å². The van der Waals surface area contributed by atoms with Gasteiger partial charge in [0.15, 0.2) is 11.5 Å². The Morgan fingerprint density at radius 2 is 2.05 bits per heavy atom. The average molecular weight is 302 g/mol. The summed E-state index contributed by atoms with van der Waals surface area (Å²) in [6.45, 7) is 2.07. The Kier molecular flexibility index (Phi) is 4.19. The van der Waals surface area contributed by atoms with Crippen molar-refractivity contribution >= 4 is 6.08 Å². The van der Waals surface area contributed by atoms with Gasteiger partial charge < -0.3 is 14.4 Å². The molecular formula is C17H22N2O3. The first kappa shape index (κ1) is 15.1. The largest absolute Gasteiger partial charge is 0.493 e. The van der Waals surface area contributed by atoms with E-state index in [1.165, 1.54) is 0 Å². The molecule has 0 amide bonds. The summed E-state index contributed by atoms with van der Waals surface area (Å²) in [5.74, 6) is 1.46. The number of isocyanates is 1. The number of aliphatic imine (C=N–C) groups is 1. The smallest absolute Gasteiger partial charge is 0.235 e. The molecule has 0 aromatic heterocycles. The minimum atomic E-state index is -0.447. The van der Waals surface area contributed by atoms with E-state index in [4.69, 9.17) is 9.47 Å². The Bertz CT molecular complexity index is 584. The lowest BCUT2D eigenvalue weighted by Crippen LogP contribution is -2.36. The van der Waals surface area contributed by atoms with E-state index < -0.39 is 5.54 Å². The average Bonchev–Trinajstić information content (AvgIpc) is 3.31. The number of rotatable bonds is 5. The van der Waals surface area contributed by atoms with Crippen molar-refractivity contribution in [2.45, 2.75) is 37.3 Å². The summed E-state index contributed by atoms with van der Waals surface area (Å²) in [6, 6.07) is 5.81. The van der Waals surface area contributed by atoms with Crippen LogP contribution in [-0.2, 0) is 10.3 Å². The third kappa shape index (κ3) is 2.87. The molecule has 0 unspecified atom stereocenters. The number of ether oxygens (including phenoxy) is 2. The van der Waals surface area contributed by atoms with Gasteiger partial charge in [-0.05, 0) is 38.8 Å². The summed E-state index contributed by atoms with van der Waals surface area (Å²) in [6.07, 6.45) is 5.61. The molecule has 22 heavy (non-hydrogen) atoms. The highest BCUT2D eigenvalue weighted by Crippen LogP contribution is 2.54. The standard InChI is InChI=1S/C17H22N2O3/c1-19-10-6-13(7-11-19)22-16-14(4-3-5-15(16)21-2)17(8-9-17)18-12-20/h3-5,13H,6-11H2,1-2H3. The topological polar surface area (TPSA) is 51.1 Å². The quantitative estimate of drug-likeness (QED) is 0.619. The Hall–Kier alpha value is -1.84. The number of carbonyl (C=O) groups excluding carboxylic acids is 1. The van der Waals surface area contributed by atoms with Crippen molar-refractivity contribution in [2.75, 3.05) is 27.2 Å². The zero-order chi connectivity index (χ0) is 15.6. The molecule has 118 valence electrons. The van der Waals surface area contributed by atoms with Crippen LogP contribution in [0.15, 0.2) is 23.2 Å². The van der Waals surface area contributed by atoms with E-state index in [-0.39, 0.29) is 6.10 Å². The fourth-order valence-electron chi connectivity index (χ4n) is 3.08. The molecule has 1 aliphatic carbocycles. The number of piperidine rings is 1. The molecule has 1 aliphatic heterocycles. The normalized spacial score (nSPS) is 21.0. The van der Waals surface area contributed by atoms with Crippen LogP contribution in [0.3, 0.4) is 0 Å². The minimum Gasteiger partial charge on any atom is -0.493 e. The number of nitrogens with zero attached hydrogens (tertiary/aromatic N) is 2. The van der Waals surface area contributed by atoms with Gasteiger partial charge in [-0.1, -0.05) is 12.1 Å². The number of hydrogen-bond donors (Lipinski definition) is 0. The number of benzene rings is 1. The van der Waals surface area contributed by atoms with Gasteiger partial charge >= 0.3 is 0 Å². The van der Waals surface area contributed by atoms with Gasteiger partial charge in [0.25, 0.3) is 0 Å². The van der Waals surface area contributed by atoms with Crippen LogP contribution in [0.5, 0.6) is 11.5 Å². The molecule has 3 rings (SSSR count). The van der Waals surface area contributed by atoms with Crippen molar-refractivity contribution < 1.29 is 14.3 Å². The number of hydrogen-bond acceptors (Lipinski definition) is 5.